The molecular formula is C20H12BrF6NO2. The molecular weight excluding hydrogens is 480 g/mol. The van der Waals surface area contributed by atoms with Crippen molar-refractivity contribution in [2.45, 2.75) is 18.0 Å². The van der Waals surface area contributed by atoms with Crippen molar-refractivity contribution in [1.29, 1.82) is 0 Å². The highest BCUT2D eigenvalue weighted by Gasteiger charge is 2.72. The van der Waals surface area contributed by atoms with E-state index in [9.17, 15) is 36.2 Å². The van der Waals surface area contributed by atoms with Crippen LogP contribution in [0.15, 0.2) is 65.1 Å². The Morgan fingerprint density at radius 2 is 1.50 bits per heavy atom. The summed E-state index contributed by atoms with van der Waals surface area (Å²) in [5, 5.41) is 12.2. The minimum Gasteiger partial charge on any atom is -0.369 e. The zero-order valence-corrected chi connectivity index (χ0v) is 16.4. The van der Waals surface area contributed by atoms with E-state index in [1.54, 1.807) is 6.07 Å². The fraction of sp³-hybridized carbons (Fsp3) is 0.150. The number of amides is 1. The summed E-state index contributed by atoms with van der Waals surface area (Å²) in [4.78, 5) is 12.6. The molecule has 3 aromatic carbocycles. The molecule has 10 heteroatoms. The lowest BCUT2D eigenvalue weighted by atomic mass is 9.88. The maximum absolute atomic E-state index is 13.5. The van der Waals surface area contributed by atoms with Gasteiger partial charge in [0.15, 0.2) is 0 Å². The van der Waals surface area contributed by atoms with Crippen molar-refractivity contribution in [3.63, 3.8) is 0 Å². The number of aliphatic hydroxyl groups is 1. The van der Waals surface area contributed by atoms with Crippen molar-refractivity contribution in [2.24, 2.45) is 0 Å². The molecule has 0 unspecified atom stereocenters. The number of rotatable bonds is 3. The first-order chi connectivity index (χ1) is 13.9. The number of benzene rings is 3. The predicted molar refractivity (Wildman–Crippen MR) is 102 cm³/mol. The molecule has 0 atom stereocenters. The van der Waals surface area contributed by atoms with Crippen LogP contribution in [0.1, 0.15) is 15.9 Å². The van der Waals surface area contributed by atoms with Gasteiger partial charge in [0.1, 0.15) is 0 Å². The molecule has 0 saturated heterocycles. The maximum atomic E-state index is 13.5. The SMILES string of the molecule is O=C(Nc1c(C(O)(C(F)(F)F)C(F)(F)F)ccc2ccccc12)c1cccc(Br)c1. The summed E-state index contributed by atoms with van der Waals surface area (Å²) in [7, 11) is 0. The van der Waals surface area contributed by atoms with Gasteiger partial charge in [0.05, 0.1) is 5.69 Å². The van der Waals surface area contributed by atoms with Crippen LogP contribution in [0, 0.1) is 0 Å². The lowest BCUT2D eigenvalue weighted by Gasteiger charge is -2.34. The zero-order valence-electron chi connectivity index (χ0n) is 14.8. The Balaban J connectivity index is 2.27. The second-order valence-electron chi connectivity index (χ2n) is 6.38. The molecule has 0 bridgehead atoms. The highest BCUT2D eigenvalue weighted by Crippen LogP contribution is 2.53. The monoisotopic (exact) mass is 491 g/mol. The molecule has 3 rings (SSSR count). The van der Waals surface area contributed by atoms with E-state index in [2.05, 4.69) is 21.2 Å². The van der Waals surface area contributed by atoms with Gasteiger partial charge in [-0.15, -0.1) is 0 Å². The Hall–Kier alpha value is -2.59. The number of alkyl halides is 6. The molecule has 0 radical (unpaired) electrons. The summed E-state index contributed by atoms with van der Waals surface area (Å²) < 4.78 is 81.4. The van der Waals surface area contributed by atoms with E-state index in [0.717, 1.165) is 6.07 Å². The molecule has 0 spiro atoms. The largest absolute Gasteiger partial charge is 0.430 e. The van der Waals surface area contributed by atoms with Crippen LogP contribution in [0.5, 0.6) is 0 Å². The number of hydrogen-bond acceptors (Lipinski definition) is 2. The van der Waals surface area contributed by atoms with Crippen LogP contribution in [-0.2, 0) is 5.60 Å². The van der Waals surface area contributed by atoms with Crippen molar-refractivity contribution < 1.29 is 36.2 Å². The van der Waals surface area contributed by atoms with Crippen LogP contribution >= 0.6 is 15.9 Å². The molecule has 30 heavy (non-hydrogen) atoms. The minimum atomic E-state index is -6.09. The number of hydrogen-bond donors (Lipinski definition) is 2. The lowest BCUT2D eigenvalue weighted by Crippen LogP contribution is -2.54. The average Bonchev–Trinajstić information content (AvgIpc) is 2.66. The minimum absolute atomic E-state index is 0.00850. The van der Waals surface area contributed by atoms with E-state index >= 15 is 0 Å². The van der Waals surface area contributed by atoms with Gasteiger partial charge < -0.3 is 10.4 Å². The van der Waals surface area contributed by atoms with Gasteiger partial charge in [0.25, 0.3) is 11.5 Å². The zero-order chi connectivity index (χ0) is 22.3. The fourth-order valence-corrected chi connectivity index (χ4v) is 3.39. The van der Waals surface area contributed by atoms with E-state index in [1.807, 2.05) is 0 Å². The number of carbonyl (C=O) groups is 1. The number of halogens is 7. The first-order valence-electron chi connectivity index (χ1n) is 8.31. The number of carbonyl (C=O) groups excluding carboxylic acids is 1. The van der Waals surface area contributed by atoms with Crippen LogP contribution in [0.25, 0.3) is 10.8 Å². The van der Waals surface area contributed by atoms with Crippen molar-refractivity contribution in [3.05, 3.63) is 76.3 Å². The Bertz CT molecular complexity index is 1100. The second kappa shape index (κ2) is 7.59. The van der Waals surface area contributed by atoms with Crippen LogP contribution in [0.2, 0.25) is 0 Å². The van der Waals surface area contributed by atoms with Crippen molar-refractivity contribution in [1.82, 2.24) is 0 Å². The maximum Gasteiger partial charge on any atom is 0.430 e. The summed E-state index contributed by atoms with van der Waals surface area (Å²) >= 11 is 3.14. The summed E-state index contributed by atoms with van der Waals surface area (Å²) in [6.45, 7) is 0. The van der Waals surface area contributed by atoms with Gasteiger partial charge in [0, 0.05) is 21.0 Å². The van der Waals surface area contributed by atoms with Crippen LogP contribution in [-0.4, -0.2) is 23.4 Å². The molecule has 0 aliphatic carbocycles. The predicted octanol–water partition coefficient (Wildman–Crippen LogP) is 6.17. The van der Waals surface area contributed by atoms with E-state index in [1.165, 1.54) is 42.5 Å². The topological polar surface area (TPSA) is 49.3 Å². The first-order valence-corrected chi connectivity index (χ1v) is 9.10. The summed E-state index contributed by atoms with van der Waals surface area (Å²) in [5.74, 6) is -0.944. The third-order valence-corrected chi connectivity index (χ3v) is 4.96. The molecule has 0 aliphatic heterocycles. The van der Waals surface area contributed by atoms with Crippen LogP contribution in [0.3, 0.4) is 0 Å². The van der Waals surface area contributed by atoms with Crippen molar-refractivity contribution >= 4 is 38.3 Å². The van der Waals surface area contributed by atoms with E-state index < -0.39 is 35.1 Å². The van der Waals surface area contributed by atoms with Gasteiger partial charge in [0.2, 0.25) is 0 Å². The molecule has 0 saturated carbocycles. The van der Waals surface area contributed by atoms with Crippen LogP contribution in [0.4, 0.5) is 32.0 Å². The highest BCUT2D eigenvalue weighted by atomic mass is 79.9. The Kier molecular flexibility index (Phi) is 5.59. The lowest BCUT2D eigenvalue weighted by molar-refractivity contribution is -0.375. The number of anilines is 1. The summed E-state index contributed by atoms with van der Waals surface area (Å²) in [6, 6.07) is 12.9. The molecule has 3 nitrogen and oxygen atoms in total. The molecule has 2 N–H and O–H groups in total. The third-order valence-electron chi connectivity index (χ3n) is 4.46. The normalized spacial score (nSPS) is 12.8. The molecule has 0 heterocycles. The third kappa shape index (κ3) is 3.77. The molecule has 0 aliphatic rings. The highest BCUT2D eigenvalue weighted by molar-refractivity contribution is 9.10. The Morgan fingerprint density at radius 3 is 2.10 bits per heavy atom. The van der Waals surface area contributed by atoms with Crippen molar-refractivity contribution in [2.75, 3.05) is 5.32 Å². The Morgan fingerprint density at radius 1 is 0.867 bits per heavy atom. The quantitative estimate of drug-likeness (QED) is 0.430. The number of fused-ring (bicyclic) bond motifs is 1. The van der Waals surface area contributed by atoms with Gasteiger partial charge in [-0.1, -0.05) is 58.4 Å². The second-order valence-corrected chi connectivity index (χ2v) is 7.30. The van der Waals surface area contributed by atoms with Crippen LogP contribution < -0.4 is 5.32 Å². The molecule has 1 amide bonds. The van der Waals surface area contributed by atoms with E-state index in [-0.39, 0.29) is 16.3 Å². The van der Waals surface area contributed by atoms with E-state index in [4.69, 9.17) is 0 Å². The van der Waals surface area contributed by atoms with Gasteiger partial charge in [-0.3, -0.25) is 4.79 Å². The smallest absolute Gasteiger partial charge is 0.369 e. The summed E-state index contributed by atoms with van der Waals surface area (Å²) in [5.41, 5.74) is -7.50. The average molecular weight is 492 g/mol. The fourth-order valence-electron chi connectivity index (χ4n) is 2.99. The molecule has 0 aromatic heterocycles. The van der Waals surface area contributed by atoms with Crippen molar-refractivity contribution in [3.8, 4) is 0 Å². The van der Waals surface area contributed by atoms with Gasteiger partial charge in [-0.25, -0.2) is 0 Å². The standard InChI is InChI=1S/C20H12BrF6NO2/c21-13-6-3-5-12(10-13)17(29)28-16-14-7-2-1-4-11(14)8-9-15(16)18(30,19(22,23)24)20(25,26)27/h1-10,30H,(H,28,29). The van der Waals surface area contributed by atoms with Gasteiger partial charge >= 0.3 is 12.4 Å². The van der Waals surface area contributed by atoms with Gasteiger partial charge in [-0.05, 0) is 23.6 Å². The van der Waals surface area contributed by atoms with Gasteiger partial charge in [-0.2, -0.15) is 26.3 Å². The Labute approximate surface area is 174 Å². The first kappa shape index (κ1) is 22.1. The number of nitrogens with one attached hydrogen (secondary N) is 1. The van der Waals surface area contributed by atoms with E-state index in [0.29, 0.717) is 10.5 Å². The molecule has 158 valence electrons. The molecule has 0 fully saturated rings. The molecule has 3 aromatic rings. The summed E-state index contributed by atoms with van der Waals surface area (Å²) in [6.07, 6.45) is -12.2.